The summed E-state index contributed by atoms with van der Waals surface area (Å²) in [6.07, 6.45) is 3.98. The van der Waals surface area contributed by atoms with Crippen LogP contribution in [0.4, 0.5) is 5.82 Å². The topological polar surface area (TPSA) is 38.2 Å². The van der Waals surface area contributed by atoms with Gasteiger partial charge in [0.05, 0.1) is 6.61 Å². The molecular formula is C15H25N3O. The van der Waals surface area contributed by atoms with Gasteiger partial charge in [-0.3, -0.25) is 0 Å². The molecule has 0 unspecified atom stereocenters. The van der Waals surface area contributed by atoms with Crippen molar-refractivity contribution in [1.29, 1.82) is 0 Å². The summed E-state index contributed by atoms with van der Waals surface area (Å²) in [5, 5.41) is 0. The SMILES string of the molecule is CCCOC[C@@H]1CCN(c2cc(C(C)C)ncn2)C1. The van der Waals surface area contributed by atoms with Gasteiger partial charge in [-0.25, -0.2) is 9.97 Å². The zero-order chi connectivity index (χ0) is 13.7. The molecule has 1 aromatic heterocycles. The Labute approximate surface area is 116 Å². The first-order valence-electron chi connectivity index (χ1n) is 7.35. The lowest BCUT2D eigenvalue weighted by Crippen LogP contribution is -2.22. The van der Waals surface area contributed by atoms with Crippen molar-refractivity contribution in [2.75, 3.05) is 31.2 Å². The highest BCUT2D eigenvalue weighted by Crippen LogP contribution is 2.24. The molecule has 0 N–H and O–H groups in total. The molecule has 1 aliphatic rings. The van der Waals surface area contributed by atoms with Crippen molar-refractivity contribution in [3.8, 4) is 0 Å². The van der Waals surface area contributed by atoms with Crippen molar-refractivity contribution in [3.05, 3.63) is 18.1 Å². The van der Waals surface area contributed by atoms with Gasteiger partial charge in [-0.1, -0.05) is 20.8 Å². The molecule has 0 spiro atoms. The van der Waals surface area contributed by atoms with Gasteiger partial charge in [0.25, 0.3) is 0 Å². The molecule has 0 bridgehead atoms. The van der Waals surface area contributed by atoms with Crippen LogP contribution < -0.4 is 4.90 Å². The second kappa shape index (κ2) is 6.85. The molecule has 0 amide bonds. The highest BCUT2D eigenvalue weighted by atomic mass is 16.5. The molecule has 0 aromatic carbocycles. The summed E-state index contributed by atoms with van der Waals surface area (Å²) in [6, 6.07) is 2.12. The van der Waals surface area contributed by atoms with Crippen LogP contribution in [0.3, 0.4) is 0 Å². The van der Waals surface area contributed by atoms with Crippen molar-refractivity contribution >= 4 is 5.82 Å². The van der Waals surface area contributed by atoms with Crippen molar-refractivity contribution < 1.29 is 4.74 Å². The Morgan fingerprint density at radius 2 is 2.26 bits per heavy atom. The van der Waals surface area contributed by atoms with Gasteiger partial charge in [0.15, 0.2) is 0 Å². The summed E-state index contributed by atoms with van der Waals surface area (Å²) in [6.45, 7) is 10.4. The molecule has 4 nitrogen and oxygen atoms in total. The molecule has 2 heterocycles. The normalized spacial score (nSPS) is 19.4. The zero-order valence-electron chi connectivity index (χ0n) is 12.3. The fourth-order valence-electron chi connectivity index (χ4n) is 2.42. The maximum atomic E-state index is 5.65. The molecule has 1 fully saturated rings. The molecule has 1 saturated heterocycles. The summed E-state index contributed by atoms with van der Waals surface area (Å²) in [5.41, 5.74) is 1.12. The highest BCUT2D eigenvalue weighted by molar-refractivity contribution is 5.40. The van der Waals surface area contributed by atoms with E-state index >= 15 is 0 Å². The molecular weight excluding hydrogens is 238 g/mol. The zero-order valence-corrected chi connectivity index (χ0v) is 12.3. The van der Waals surface area contributed by atoms with E-state index in [-0.39, 0.29) is 0 Å². The predicted octanol–water partition coefficient (Wildman–Crippen LogP) is 2.85. The molecule has 106 valence electrons. The molecule has 1 atom stereocenters. The summed E-state index contributed by atoms with van der Waals surface area (Å²) in [5.74, 6) is 2.16. The number of ether oxygens (including phenoxy) is 1. The van der Waals surface area contributed by atoms with Gasteiger partial charge in [0.2, 0.25) is 0 Å². The lowest BCUT2D eigenvalue weighted by Gasteiger charge is -2.18. The molecule has 2 rings (SSSR count). The van der Waals surface area contributed by atoms with Crippen molar-refractivity contribution in [1.82, 2.24) is 9.97 Å². The minimum Gasteiger partial charge on any atom is -0.381 e. The van der Waals surface area contributed by atoms with E-state index in [2.05, 4.69) is 41.7 Å². The van der Waals surface area contributed by atoms with Crippen LogP contribution in [0.5, 0.6) is 0 Å². The van der Waals surface area contributed by atoms with Gasteiger partial charge < -0.3 is 9.64 Å². The van der Waals surface area contributed by atoms with Crippen LogP contribution in [0.2, 0.25) is 0 Å². The second-order valence-corrected chi connectivity index (χ2v) is 5.63. The molecule has 1 aromatic rings. The van der Waals surface area contributed by atoms with Gasteiger partial charge in [-0.05, 0) is 18.8 Å². The molecule has 0 saturated carbocycles. The van der Waals surface area contributed by atoms with Gasteiger partial charge in [-0.15, -0.1) is 0 Å². The molecule has 1 aliphatic heterocycles. The smallest absolute Gasteiger partial charge is 0.132 e. The number of nitrogens with zero attached hydrogens (tertiary/aromatic N) is 3. The van der Waals surface area contributed by atoms with Crippen LogP contribution in [0.1, 0.15) is 45.2 Å². The van der Waals surface area contributed by atoms with Gasteiger partial charge in [0, 0.05) is 37.4 Å². The summed E-state index contributed by atoms with van der Waals surface area (Å²) in [4.78, 5) is 11.1. The number of rotatable bonds is 6. The van der Waals surface area contributed by atoms with Crippen LogP contribution in [-0.4, -0.2) is 36.3 Å². The minimum absolute atomic E-state index is 0.452. The summed E-state index contributed by atoms with van der Waals surface area (Å²) < 4.78 is 5.65. The van der Waals surface area contributed by atoms with E-state index in [1.54, 1.807) is 6.33 Å². The van der Waals surface area contributed by atoms with Gasteiger partial charge in [0.1, 0.15) is 12.1 Å². The third-order valence-electron chi connectivity index (χ3n) is 3.58. The molecule has 0 aliphatic carbocycles. The fourth-order valence-corrected chi connectivity index (χ4v) is 2.42. The Bertz CT molecular complexity index is 395. The van der Waals surface area contributed by atoms with E-state index in [0.29, 0.717) is 11.8 Å². The van der Waals surface area contributed by atoms with E-state index in [9.17, 15) is 0 Å². The Morgan fingerprint density at radius 3 is 3.00 bits per heavy atom. The number of hydrogen-bond donors (Lipinski definition) is 0. The van der Waals surface area contributed by atoms with Crippen molar-refractivity contribution in [3.63, 3.8) is 0 Å². The van der Waals surface area contributed by atoms with Crippen molar-refractivity contribution in [2.24, 2.45) is 5.92 Å². The summed E-state index contributed by atoms with van der Waals surface area (Å²) in [7, 11) is 0. The number of anilines is 1. The lowest BCUT2D eigenvalue weighted by atomic mass is 10.1. The van der Waals surface area contributed by atoms with Crippen LogP contribution in [0.25, 0.3) is 0 Å². The third-order valence-corrected chi connectivity index (χ3v) is 3.58. The lowest BCUT2D eigenvalue weighted by molar-refractivity contribution is 0.106. The van der Waals surface area contributed by atoms with Crippen LogP contribution >= 0.6 is 0 Å². The van der Waals surface area contributed by atoms with Crippen molar-refractivity contribution in [2.45, 2.75) is 39.5 Å². The molecule has 0 radical (unpaired) electrons. The third kappa shape index (κ3) is 3.90. The van der Waals surface area contributed by atoms with E-state index in [1.807, 2.05) is 0 Å². The second-order valence-electron chi connectivity index (χ2n) is 5.63. The van der Waals surface area contributed by atoms with E-state index in [1.165, 1.54) is 6.42 Å². The Hall–Kier alpha value is -1.16. The van der Waals surface area contributed by atoms with Gasteiger partial charge >= 0.3 is 0 Å². The monoisotopic (exact) mass is 263 g/mol. The predicted molar refractivity (Wildman–Crippen MR) is 77.6 cm³/mol. The maximum Gasteiger partial charge on any atom is 0.132 e. The van der Waals surface area contributed by atoms with Gasteiger partial charge in [-0.2, -0.15) is 0 Å². The number of aromatic nitrogens is 2. The number of hydrogen-bond acceptors (Lipinski definition) is 4. The van der Waals surface area contributed by atoms with Crippen LogP contribution in [0.15, 0.2) is 12.4 Å². The first kappa shape index (κ1) is 14.3. The first-order valence-corrected chi connectivity index (χ1v) is 7.35. The van der Waals surface area contributed by atoms with E-state index in [0.717, 1.165) is 44.2 Å². The highest BCUT2D eigenvalue weighted by Gasteiger charge is 2.23. The fraction of sp³-hybridized carbons (Fsp3) is 0.733. The van der Waals surface area contributed by atoms with E-state index in [4.69, 9.17) is 4.74 Å². The standard InChI is InChI=1S/C15H25N3O/c1-4-7-19-10-13-5-6-18(9-13)15-8-14(12(2)3)16-11-17-15/h8,11-13H,4-7,9-10H2,1-3H3/t13-/m1/s1. The average molecular weight is 263 g/mol. The van der Waals surface area contributed by atoms with E-state index < -0.39 is 0 Å². The first-order chi connectivity index (χ1) is 9.20. The Morgan fingerprint density at radius 1 is 1.42 bits per heavy atom. The Balaban J connectivity index is 1.91. The maximum absolute atomic E-state index is 5.65. The molecule has 4 heteroatoms. The largest absolute Gasteiger partial charge is 0.381 e. The minimum atomic E-state index is 0.452. The average Bonchev–Trinajstić information content (AvgIpc) is 2.88. The Kier molecular flexibility index (Phi) is 5.14. The van der Waals surface area contributed by atoms with Crippen LogP contribution in [-0.2, 0) is 4.74 Å². The van der Waals surface area contributed by atoms with Crippen LogP contribution in [0, 0.1) is 5.92 Å². The quantitative estimate of drug-likeness (QED) is 0.740. The molecule has 19 heavy (non-hydrogen) atoms. The summed E-state index contributed by atoms with van der Waals surface area (Å²) >= 11 is 0.